The van der Waals surface area contributed by atoms with Crippen LogP contribution < -0.4 is 4.74 Å². The lowest BCUT2D eigenvalue weighted by molar-refractivity contribution is 0.481. The minimum atomic E-state index is 0.796. The molecule has 0 aliphatic rings. The largest absolute Gasteiger partial charge is 0.456 e. The van der Waals surface area contributed by atoms with Gasteiger partial charge in [-0.3, -0.25) is 0 Å². The average Bonchev–Trinajstić information content (AvgIpc) is 3.10. The lowest BCUT2D eigenvalue weighted by Crippen LogP contribution is -1.91. The molecule has 0 N–H and O–H groups in total. The Kier molecular flexibility index (Phi) is 4.18. The van der Waals surface area contributed by atoms with E-state index >= 15 is 0 Å². The van der Waals surface area contributed by atoms with E-state index in [1.807, 2.05) is 60.7 Å². The third kappa shape index (κ3) is 2.88. The molecular formula is C25H17BrO2. The number of halogens is 1. The van der Waals surface area contributed by atoms with Crippen LogP contribution >= 0.6 is 15.9 Å². The van der Waals surface area contributed by atoms with Gasteiger partial charge in [0.05, 0.1) is 4.47 Å². The molecule has 28 heavy (non-hydrogen) atoms. The van der Waals surface area contributed by atoms with Crippen LogP contribution in [0.2, 0.25) is 0 Å². The second kappa shape index (κ2) is 6.84. The summed E-state index contributed by atoms with van der Waals surface area (Å²) in [5.74, 6) is 1.60. The van der Waals surface area contributed by atoms with Gasteiger partial charge in [-0.15, -0.1) is 0 Å². The zero-order valence-corrected chi connectivity index (χ0v) is 16.9. The zero-order valence-electron chi connectivity index (χ0n) is 15.3. The molecule has 0 saturated carbocycles. The van der Waals surface area contributed by atoms with Gasteiger partial charge in [-0.2, -0.15) is 0 Å². The van der Waals surface area contributed by atoms with Crippen molar-refractivity contribution in [1.82, 2.24) is 0 Å². The van der Waals surface area contributed by atoms with Crippen molar-refractivity contribution in [3.63, 3.8) is 0 Å². The first-order valence-corrected chi connectivity index (χ1v) is 9.94. The van der Waals surface area contributed by atoms with E-state index in [1.54, 1.807) is 0 Å². The first-order chi connectivity index (χ1) is 13.7. The van der Waals surface area contributed by atoms with Gasteiger partial charge in [0.25, 0.3) is 0 Å². The van der Waals surface area contributed by atoms with Crippen LogP contribution in [-0.2, 0) is 0 Å². The fraction of sp³-hybridized carbons (Fsp3) is 0.0400. The summed E-state index contributed by atoms with van der Waals surface area (Å²) in [5, 5.41) is 2.16. The predicted molar refractivity (Wildman–Crippen MR) is 118 cm³/mol. The molecule has 0 fully saturated rings. The summed E-state index contributed by atoms with van der Waals surface area (Å²) in [6, 6.07) is 28.5. The van der Waals surface area contributed by atoms with Crippen LogP contribution in [0.1, 0.15) is 5.56 Å². The molecule has 1 aromatic heterocycles. The Morgan fingerprint density at radius 3 is 2.39 bits per heavy atom. The van der Waals surface area contributed by atoms with Crippen LogP contribution in [0.3, 0.4) is 0 Å². The van der Waals surface area contributed by atoms with Gasteiger partial charge in [0.2, 0.25) is 0 Å². The van der Waals surface area contributed by atoms with Crippen LogP contribution in [0.5, 0.6) is 11.5 Å². The van der Waals surface area contributed by atoms with Gasteiger partial charge in [0.15, 0.2) is 0 Å². The van der Waals surface area contributed by atoms with E-state index in [0.717, 1.165) is 54.6 Å². The molecule has 0 bridgehead atoms. The third-order valence-corrected chi connectivity index (χ3v) is 5.53. The van der Waals surface area contributed by atoms with Crippen LogP contribution in [-0.4, -0.2) is 0 Å². The monoisotopic (exact) mass is 428 g/mol. The minimum Gasteiger partial charge on any atom is -0.456 e. The molecule has 0 unspecified atom stereocenters. The van der Waals surface area contributed by atoms with Crippen molar-refractivity contribution in [2.45, 2.75) is 6.92 Å². The van der Waals surface area contributed by atoms with E-state index in [-0.39, 0.29) is 0 Å². The second-order valence-electron chi connectivity index (χ2n) is 6.81. The van der Waals surface area contributed by atoms with E-state index in [2.05, 4.69) is 47.1 Å². The molecule has 0 aliphatic heterocycles. The number of fused-ring (bicyclic) bond motifs is 3. The van der Waals surface area contributed by atoms with Gasteiger partial charge in [-0.05, 0) is 64.3 Å². The molecule has 0 radical (unpaired) electrons. The molecule has 3 heteroatoms. The quantitative estimate of drug-likeness (QED) is 0.289. The second-order valence-corrected chi connectivity index (χ2v) is 7.67. The molecular weight excluding hydrogens is 412 g/mol. The van der Waals surface area contributed by atoms with E-state index in [1.165, 1.54) is 0 Å². The van der Waals surface area contributed by atoms with Gasteiger partial charge in [0, 0.05) is 16.3 Å². The van der Waals surface area contributed by atoms with E-state index in [9.17, 15) is 0 Å². The number of benzene rings is 4. The number of ether oxygens (including phenoxy) is 1. The first-order valence-electron chi connectivity index (χ1n) is 9.14. The summed E-state index contributed by atoms with van der Waals surface area (Å²) in [7, 11) is 0. The number of furan rings is 1. The van der Waals surface area contributed by atoms with E-state index in [0.29, 0.717) is 0 Å². The van der Waals surface area contributed by atoms with Crippen LogP contribution in [0.25, 0.3) is 33.1 Å². The normalized spacial score (nSPS) is 11.2. The lowest BCUT2D eigenvalue weighted by Gasteiger charge is -2.14. The number of hydrogen-bond acceptors (Lipinski definition) is 2. The summed E-state index contributed by atoms with van der Waals surface area (Å²) < 4.78 is 13.4. The van der Waals surface area contributed by atoms with Crippen molar-refractivity contribution >= 4 is 37.9 Å². The van der Waals surface area contributed by atoms with Crippen molar-refractivity contribution in [2.24, 2.45) is 0 Å². The summed E-state index contributed by atoms with van der Waals surface area (Å²) >= 11 is 3.61. The molecule has 1 heterocycles. The Balaban J connectivity index is 1.81. The Bertz CT molecular complexity index is 1300. The minimum absolute atomic E-state index is 0.796. The molecule has 0 spiro atoms. The Morgan fingerprint density at radius 2 is 1.54 bits per heavy atom. The van der Waals surface area contributed by atoms with Gasteiger partial charge in [-0.25, -0.2) is 0 Å². The highest BCUT2D eigenvalue weighted by Gasteiger charge is 2.18. The molecule has 0 amide bonds. The SMILES string of the molecule is Cc1ccc(Br)c(Oc2ccc3oc4ccccc4c3c2-c2ccccc2)c1. The van der Waals surface area contributed by atoms with Crippen molar-refractivity contribution in [3.8, 4) is 22.6 Å². The summed E-state index contributed by atoms with van der Waals surface area (Å²) in [6.07, 6.45) is 0. The molecule has 0 saturated heterocycles. The Hall–Kier alpha value is -3.04. The van der Waals surface area contributed by atoms with Crippen molar-refractivity contribution in [2.75, 3.05) is 0 Å². The number of aryl methyl sites for hydroxylation is 1. The molecule has 5 aromatic rings. The Morgan fingerprint density at radius 1 is 0.750 bits per heavy atom. The smallest absolute Gasteiger partial charge is 0.141 e. The van der Waals surface area contributed by atoms with Gasteiger partial charge < -0.3 is 9.15 Å². The molecule has 0 aliphatic carbocycles. The molecule has 2 nitrogen and oxygen atoms in total. The highest BCUT2D eigenvalue weighted by molar-refractivity contribution is 9.10. The van der Waals surface area contributed by atoms with E-state index in [4.69, 9.17) is 9.15 Å². The Labute approximate surface area is 171 Å². The summed E-state index contributed by atoms with van der Waals surface area (Å²) in [4.78, 5) is 0. The molecule has 4 aromatic carbocycles. The first kappa shape index (κ1) is 17.1. The third-order valence-electron chi connectivity index (χ3n) is 4.87. The van der Waals surface area contributed by atoms with Gasteiger partial charge in [-0.1, -0.05) is 54.6 Å². The van der Waals surface area contributed by atoms with Gasteiger partial charge >= 0.3 is 0 Å². The topological polar surface area (TPSA) is 22.4 Å². The predicted octanol–water partition coefficient (Wildman–Crippen LogP) is 8.12. The van der Waals surface area contributed by atoms with Crippen molar-refractivity contribution in [1.29, 1.82) is 0 Å². The van der Waals surface area contributed by atoms with Crippen LogP contribution in [0.15, 0.2) is 93.8 Å². The van der Waals surface area contributed by atoms with Crippen LogP contribution in [0, 0.1) is 6.92 Å². The molecule has 136 valence electrons. The van der Waals surface area contributed by atoms with Crippen molar-refractivity contribution < 1.29 is 9.15 Å². The zero-order chi connectivity index (χ0) is 19.1. The summed E-state index contributed by atoms with van der Waals surface area (Å²) in [5.41, 5.74) is 5.02. The number of para-hydroxylation sites is 1. The molecule has 5 rings (SSSR count). The maximum Gasteiger partial charge on any atom is 0.141 e. The van der Waals surface area contributed by atoms with E-state index < -0.39 is 0 Å². The number of hydrogen-bond donors (Lipinski definition) is 0. The lowest BCUT2D eigenvalue weighted by atomic mass is 9.98. The number of rotatable bonds is 3. The average molecular weight is 429 g/mol. The maximum absolute atomic E-state index is 6.41. The highest BCUT2D eigenvalue weighted by Crippen LogP contribution is 2.44. The fourth-order valence-electron chi connectivity index (χ4n) is 3.58. The highest BCUT2D eigenvalue weighted by atomic mass is 79.9. The van der Waals surface area contributed by atoms with Crippen LogP contribution in [0.4, 0.5) is 0 Å². The molecule has 0 atom stereocenters. The fourth-order valence-corrected chi connectivity index (χ4v) is 3.91. The maximum atomic E-state index is 6.41. The standard InChI is InChI=1S/C25H17BrO2/c1-16-11-12-19(26)23(15-16)28-21-13-14-22-25(18-9-5-6-10-20(18)27-22)24(21)17-7-3-2-4-8-17/h2-15H,1H3. The summed E-state index contributed by atoms with van der Waals surface area (Å²) in [6.45, 7) is 2.06. The van der Waals surface area contributed by atoms with Gasteiger partial charge in [0.1, 0.15) is 22.7 Å². The van der Waals surface area contributed by atoms with Crippen molar-refractivity contribution in [3.05, 3.63) is 95.0 Å².